The molecule has 0 unspecified atom stereocenters. The van der Waals surface area contributed by atoms with E-state index in [2.05, 4.69) is 21.2 Å². The molecule has 0 aliphatic rings. The van der Waals surface area contributed by atoms with E-state index in [1.54, 1.807) is 0 Å². The zero-order valence-electron chi connectivity index (χ0n) is 9.50. The average molecular weight is 297 g/mol. The van der Waals surface area contributed by atoms with Gasteiger partial charge in [-0.15, -0.1) is 0 Å². The van der Waals surface area contributed by atoms with Gasteiger partial charge in [0.25, 0.3) is 5.91 Å². The van der Waals surface area contributed by atoms with Crippen molar-refractivity contribution in [2.75, 3.05) is 13.2 Å². The number of nitrogens with zero attached hydrogens (tertiary/aromatic N) is 1. The van der Waals surface area contributed by atoms with Gasteiger partial charge in [-0.2, -0.15) is 5.26 Å². The van der Waals surface area contributed by atoms with Gasteiger partial charge in [-0.3, -0.25) is 4.79 Å². The predicted molar refractivity (Wildman–Crippen MR) is 67.6 cm³/mol. The molecule has 0 atom stereocenters. The lowest BCUT2D eigenvalue weighted by atomic mass is 10.2. The quantitative estimate of drug-likeness (QED) is 0.847. The van der Waals surface area contributed by atoms with Crippen LogP contribution in [0.1, 0.15) is 12.0 Å². The van der Waals surface area contributed by atoms with Crippen molar-refractivity contribution in [3.05, 3.63) is 28.2 Å². The van der Waals surface area contributed by atoms with E-state index in [4.69, 9.17) is 10.00 Å². The van der Waals surface area contributed by atoms with Crippen molar-refractivity contribution in [3.63, 3.8) is 0 Å². The fourth-order valence-corrected chi connectivity index (χ4v) is 1.52. The minimum Gasteiger partial charge on any atom is -0.483 e. The highest BCUT2D eigenvalue weighted by atomic mass is 79.9. The smallest absolute Gasteiger partial charge is 0.257 e. The second-order valence-corrected chi connectivity index (χ2v) is 4.37. The molecule has 1 amide bonds. The Bertz CT molecular complexity index is 441. The largest absolute Gasteiger partial charge is 0.483 e. The first kappa shape index (κ1) is 13.5. The number of carbonyl (C=O) groups is 1. The number of benzene rings is 1. The fourth-order valence-electron chi connectivity index (χ4n) is 1.18. The normalized spacial score (nSPS) is 9.47. The fraction of sp³-hybridized carbons (Fsp3) is 0.333. The third-order valence-corrected chi connectivity index (χ3v) is 2.56. The second-order valence-electron chi connectivity index (χ2n) is 3.46. The molecule has 17 heavy (non-hydrogen) atoms. The van der Waals surface area contributed by atoms with Gasteiger partial charge in [-0.1, -0.05) is 22.0 Å². The number of aryl methyl sites for hydroxylation is 1. The Kier molecular flexibility index (Phi) is 5.50. The average Bonchev–Trinajstić information content (AvgIpc) is 2.31. The summed E-state index contributed by atoms with van der Waals surface area (Å²) in [6.07, 6.45) is 0.307. The summed E-state index contributed by atoms with van der Waals surface area (Å²) in [6, 6.07) is 7.59. The summed E-state index contributed by atoms with van der Waals surface area (Å²) >= 11 is 3.34. The molecule has 1 aromatic carbocycles. The van der Waals surface area contributed by atoms with Gasteiger partial charge in [-0.05, 0) is 24.6 Å². The van der Waals surface area contributed by atoms with E-state index < -0.39 is 0 Å². The van der Waals surface area contributed by atoms with Crippen LogP contribution in [0.4, 0.5) is 0 Å². The van der Waals surface area contributed by atoms with E-state index in [1.807, 2.05) is 31.2 Å². The number of rotatable bonds is 5. The van der Waals surface area contributed by atoms with E-state index in [1.165, 1.54) is 0 Å². The van der Waals surface area contributed by atoms with Crippen molar-refractivity contribution in [2.45, 2.75) is 13.3 Å². The van der Waals surface area contributed by atoms with E-state index in [-0.39, 0.29) is 12.5 Å². The number of hydrogen-bond donors (Lipinski definition) is 1. The van der Waals surface area contributed by atoms with Gasteiger partial charge in [0.05, 0.1) is 12.5 Å². The topological polar surface area (TPSA) is 62.1 Å². The van der Waals surface area contributed by atoms with Crippen molar-refractivity contribution >= 4 is 21.8 Å². The van der Waals surface area contributed by atoms with Gasteiger partial charge in [0.1, 0.15) is 5.75 Å². The lowest BCUT2D eigenvalue weighted by Gasteiger charge is -2.09. The third kappa shape index (κ3) is 4.87. The van der Waals surface area contributed by atoms with Crippen molar-refractivity contribution in [1.82, 2.24) is 5.32 Å². The van der Waals surface area contributed by atoms with Crippen LogP contribution < -0.4 is 10.1 Å². The molecular weight excluding hydrogens is 284 g/mol. The molecule has 0 saturated carbocycles. The van der Waals surface area contributed by atoms with Crippen molar-refractivity contribution < 1.29 is 9.53 Å². The van der Waals surface area contributed by atoms with Gasteiger partial charge in [-0.25, -0.2) is 0 Å². The van der Waals surface area contributed by atoms with E-state index >= 15 is 0 Å². The van der Waals surface area contributed by atoms with Crippen LogP contribution in [0.3, 0.4) is 0 Å². The van der Waals surface area contributed by atoms with Crippen LogP contribution in [-0.2, 0) is 4.79 Å². The van der Waals surface area contributed by atoms with Gasteiger partial charge < -0.3 is 10.1 Å². The monoisotopic (exact) mass is 296 g/mol. The van der Waals surface area contributed by atoms with Gasteiger partial charge in [0.2, 0.25) is 0 Å². The van der Waals surface area contributed by atoms with E-state index in [9.17, 15) is 4.79 Å². The molecule has 90 valence electrons. The number of carbonyl (C=O) groups excluding carboxylic acids is 1. The maximum absolute atomic E-state index is 11.3. The summed E-state index contributed by atoms with van der Waals surface area (Å²) in [5.74, 6) is 0.453. The maximum Gasteiger partial charge on any atom is 0.257 e. The summed E-state index contributed by atoms with van der Waals surface area (Å²) < 4.78 is 6.29. The van der Waals surface area contributed by atoms with Crippen LogP contribution in [0, 0.1) is 18.3 Å². The summed E-state index contributed by atoms with van der Waals surface area (Å²) in [6.45, 7) is 2.23. The minimum atomic E-state index is -0.223. The Hall–Kier alpha value is -1.54. The minimum absolute atomic E-state index is 0.0390. The van der Waals surface area contributed by atoms with Crippen LogP contribution in [0.25, 0.3) is 0 Å². The molecule has 0 bridgehead atoms. The molecule has 0 heterocycles. The molecule has 1 rings (SSSR count). The van der Waals surface area contributed by atoms with Gasteiger partial charge >= 0.3 is 0 Å². The lowest BCUT2D eigenvalue weighted by Crippen LogP contribution is -2.29. The molecule has 0 fully saturated rings. The Labute approximate surface area is 109 Å². The standard InChI is InChI=1S/C12H13BrN2O2/c1-9-3-4-10(13)7-11(9)17-8-12(16)15-6-2-5-14/h3-4,7H,2,6,8H2,1H3,(H,15,16). The highest BCUT2D eigenvalue weighted by Gasteiger charge is 2.04. The van der Waals surface area contributed by atoms with Crippen molar-refractivity contribution in [3.8, 4) is 11.8 Å². The molecule has 0 saturated heterocycles. The van der Waals surface area contributed by atoms with Crippen molar-refractivity contribution in [1.29, 1.82) is 5.26 Å². The molecule has 5 heteroatoms. The molecule has 1 N–H and O–H groups in total. The SMILES string of the molecule is Cc1ccc(Br)cc1OCC(=O)NCCC#N. The molecule has 0 aliphatic heterocycles. The third-order valence-electron chi connectivity index (χ3n) is 2.07. The zero-order chi connectivity index (χ0) is 12.7. The molecule has 0 radical (unpaired) electrons. The van der Waals surface area contributed by atoms with Crippen LogP contribution in [0.5, 0.6) is 5.75 Å². The lowest BCUT2D eigenvalue weighted by molar-refractivity contribution is -0.123. The molecule has 1 aromatic rings. The van der Waals surface area contributed by atoms with E-state index in [0.29, 0.717) is 18.7 Å². The Balaban J connectivity index is 2.42. The zero-order valence-corrected chi connectivity index (χ0v) is 11.1. The van der Waals surface area contributed by atoms with Crippen LogP contribution in [0.15, 0.2) is 22.7 Å². The Morgan fingerprint density at radius 3 is 3.06 bits per heavy atom. The first-order valence-electron chi connectivity index (χ1n) is 5.16. The van der Waals surface area contributed by atoms with E-state index in [0.717, 1.165) is 10.0 Å². The second kappa shape index (κ2) is 6.92. The highest BCUT2D eigenvalue weighted by Crippen LogP contribution is 2.22. The van der Waals surface area contributed by atoms with Crippen LogP contribution >= 0.6 is 15.9 Å². The summed E-state index contributed by atoms with van der Waals surface area (Å²) in [7, 11) is 0. The molecule has 0 spiro atoms. The Morgan fingerprint density at radius 2 is 2.35 bits per heavy atom. The summed E-state index contributed by atoms with van der Waals surface area (Å²) in [5.41, 5.74) is 0.970. The van der Waals surface area contributed by atoms with Crippen LogP contribution in [0.2, 0.25) is 0 Å². The number of amides is 1. The summed E-state index contributed by atoms with van der Waals surface area (Å²) in [4.78, 5) is 11.3. The number of halogens is 1. The first-order chi connectivity index (χ1) is 8.13. The molecule has 4 nitrogen and oxygen atoms in total. The number of nitrogens with one attached hydrogen (secondary N) is 1. The van der Waals surface area contributed by atoms with Crippen molar-refractivity contribution in [2.24, 2.45) is 0 Å². The number of hydrogen-bond acceptors (Lipinski definition) is 3. The number of ether oxygens (including phenoxy) is 1. The molecule has 0 aliphatic carbocycles. The first-order valence-corrected chi connectivity index (χ1v) is 5.95. The molecular formula is C12H13BrN2O2. The maximum atomic E-state index is 11.3. The summed E-state index contributed by atoms with van der Waals surface area (Å²) in [5, 5.41) is 10.9. The predicted octanol–water partition coefficient (Wildman–Crippen LogP) is 2.17. The molecule has 0 aromatic heterocycles. The van der Waals surface area contributed by atoms with Crippen LogP contribution in [-0.4, -0.2) is 19.1 Å². The Morgan fingerprint density at radius 1 is 1.59 bits per heavy atom. The van der Waals surface area contributed by atoms with Gasteiger partial charge in [0.15, 0.2) is 6.61 Å². The number of nitriles is 1. The van der Waals surface area contributed by atoms with Gasteiger partial charge in [0, 0.05) is 11.0 Å². The highest BCUT2D eigenvalue weighted by molar-refractivity contribution is 9.10.